The predicted molar refractivity (Wildman–Crippen MR) is 71.1 cm³/mol. The molecule has 7 nitrogen and oxygen atoms in total. The van der Waals surface area contributed by atoms with Crippen molar-refractivity contribution in [1.82, 2.24) is 15.1 Å². The molecule has 2 rings (SSSR count). The Hall–Kier alpha value is -1.79. The first kappa shape index (κ1) is 14.6. The van der Waals surface area contributed by atoms with Gasteiger partial charge < -0.3 is 20.2 Å². The quantitative estimate of drug-likeness (QED) is 0.715. The Kier molecular flexibility index (Phi) is 3.87. The van der Waals surface area contributed by atoms with Crippen LogP contribution in [-0.4, -0.2) is 64.5 Å². The topological polar surface area (TPSA) is 90.0 Å². The molecule has 0 aromatic carbocycles. The van der Waals surface area contributed by atoms with Crippen LogP contribution in [0.5, 0.6) is 0 Å². The highest BCUT2D eigenvalue weighted by molar-refractivity contribution is 5.91. The summed E-state index contributed by atoms with van der Waals surface area (Å²) in [6, 6.07) is -0.173. The number of urea groups is 1. The summed E-state index contributed by atoms with van der Waals surface area (Å²) >= 11 is 0. The highest BCUT2D eigenvalue weighted by Gasteiger charge is 2.42. The highest BCUT2D eigenvalue weighted by Crippen LogP contribution is 2.23. The van der Waals surface area contributed by atoms with Gasteiger partial charge in [-0.25, -0.2) is 4.79 Å². The molecule has 0 bridgehead atoms. The molecular formula is C13H21N3O4. The Bertz CT molecular complexity index is 427. The van der Waals surface area contributed by atoms with Crippen LogP contribution in [0.15, 0.2) is 0 Å². The van der Waals surface area contributed by atoms with E-state index < -0.39 is 11.5 Å². The number of hydrogen-bond acceptors (Lipinski definition) is 3. The van der Waals surface area contributed by atoms with E-state index in [0.717, 1.165) is 0 Å². The maximum absolute atomic E-state index is 12.5. The molecule has 0 spiro atoms. The second kappa shape index (κ2) is 5.30. The van der Waals surface area contributed by atoms with Gasteiger partial charge in [0.2, 0.25) is 5.91 Å². The van der Waals surface area contributed by atoms with Crippen molar-refractivity contribution in [2.75, 3.05) is 26.2 Å². The molecule has 0 unspecified atom stereocenters. The van der Waals surface area contributed by atoms with Gasteiger partial charge in [-0.1, -0.05) is 0 Å². The summed E-state index contributed by atoms with van der Waals surface area (Å²) in [5.74, 6) is -1.32. The van der Waals surface area contributed by atoms with Crippen molar-refractivity contribution < 1.29 is 19.5 Å². The molecule has 2 heterocycles. The fraction of sp³-hybridized carbons (Fsp3) is 0.769. The third kappa shape index (κ3) is 2.57. The molecular weight excluding hydrogens is 262 g/mol. The number of carboxylic acids is 1. The summed E-state index contributed by atoms with van der Waals surface area (Å²) in [7, 11) is 0. The number of amides is 3. The number of carbonyl (C=O) groups excluding carboxylic acids is 2. The van der Waals surface area contributed by atoms with Crippen molar-refractivity contribution in [3.8, 4) is 0 Å². The summed E-state index contributed by atoms with van der Waals surface area (Å²) in [6.45, 7) is 5.26. The standard InChI is InChI=1S/C13H21N3O4/c1-13(2)11(19)14-5-8-16(13)12(20)15-6-3-9(4-7-15)10(17)18/h9H,3-8H2,1-2H3,(H,14,19)(H,17,18). The van der Waals surface area contributed by atoms with E-state index in [2.05, 4.69) is 5.32 Å². The third-order valence-electron chi connectivity index (χ3n) is 4.20. The molecule has 0 aromatic rings. The molecule has 2 N–H and O–H groups in total. The largest absolute Gasteiger partial charge is 0.481 e. The second-order valence-electron chi connectivity index (χ2n) is 5.85. The van der Waals surface area contributed by atoms with Gasteiger partial charge in [-0.15, -0.1) is 0 Å². The zero-order chi connectivity index (χ0) is 14.9. The first-order chi connectivity index (χ1) is 9.34. The van der Waals surface area contributed by atoms with E-state index in [1.807, 2.05) is 0 Å². The fourth-order valence-corrected chi connectivity index (χ4v) is 2.72. The fourth-order valence-electron chi connectivity index (χ4n) is 2.72. The molecule has 0 aromatic heterocycles. The number of nitrogens with one attached hydrogen (secondary N) is 1. The van der Waals surface area contributed by atoms with Crippen LogP contribution in [0.25, 0.3) is 0 Å². The number of carbonyl (C=O) groups is 3. The minimum atomic E-state index is -0.862. The minimum absolute atomic E-state index is 0.155. The molecule has 2 aliphatic heterocycles. The normalized spacial score (nSPS) is 23.4. The molecule has 0 radical (unpaired) electrons. The number of hydrogen-bond donors (Lipinski definition) is 2. The van der Waals surface area contributed by atoms with Gasteiger partial charge in [0.15, 0.2) is 0 Å². The Balaban J connectivity index is 2.01. The second-order valence-corrected chi connectivity index (χ2v) is 5.85. The minimum Gasteiger partial charge on any atom is -0.481 e. The first-order valence-electron chi connectivity index (χ1n) is 6.91. The Morgan fingerprint density at radius 2 is 1.85 bits per heavy atom. The van der Waals surface area contributed by atoms with Crippen molar-refractivity contribution in [3.05, 3.63) is 0 Å². The van der Waals surface area contributed by atoms with Gasteiger partial charge in [-0.3, -0.25) is 9.59 Å². The Labute approximate surface area is 117 Å². The van der Waals surface area contributed by atoms with Crippen molar-refractivity contribution >= 4 is 17.9 Å². The van der Waals surface area contributed by atoms with Gasteiger partial charge in [0.1, 0.15) is 5.54 Å². The summed E-state index contributed by atoms with van der Waals surface area (Å²) in [6.07, 6.45) is 0.947. The van der Waals surface area contributed by atoms with Crippen LogP contribution >= 0.6 is 0 Å². The summed E-state index contributed by atoms with van der Waals surface area (Å²) in [4.78, 5) is 38.5. The van der Waals surface area contributed by atoms with E-state index >= 15 is 0 Å². The molecule has 20 heavy (non-hydrogen) atoms. The number of likely N-dealkylation sites (tertiary alicyclic amines) is 1. The number of carboxylic acid groups (broad SMARTS) is 1. The van der Waals surface area contributed by atoms with Crippen molar-refractivity contribution in [2.24, 2.45) is 5.92 Å². The average molecular weight is 283 g/mol. The van der Waals surface area contributed by atoms with E-state index in [-0.39, 0.29) is 17.9 Å². The number of piperidine rings is 1. The van der Waals surface area contributed by atoms with Gasteiger partial charge in [-0.2, -0.15) is 0 Å². The van der Waals surface area contributed by atoms with Crippen LogP contribution in [-0.2, 0) is 9.59 Å². The smallest absolute Gasteiger partial charge is 0.320 e. The van der Waals surface area contributed by atoms with Crippen molar-refractivity contribution in [1.29, 1.82) is 0 Å². The lowest BCUT2D eigenvalue weighted by atomic mass is 9.96. The van der Waals surface area contributed by atoms with Crippen LogP contribution in [0.4, 0.5) is 4.79 Å². The number of rotatable bonds is 1. The van der Waals surface area contributed by atoms with Crippen LogP contribution in [0.3, 0.4) is 0 Å². The number of aliphatic carboxylic acids is 1. The Morgan fingerprint density at radius 1 is 1.25 bits per heavy atom. The highest BCUT2D eigenvalue weighted by atomic mass is 16.4. The molecule has 0 aliphatic carbocycles. The summed E-state index contributed by atoms with van der Waals surface area (Å²) in [5, 5.41) is 11.7. The zero-order valence-corrected chi connectivity index (χ0v) is 11.9. The van der Waals surface area contributed by atoms with Gasteiger partial charge in [0, 0.05) is 26.2 Å². The van der Waals surface area contributed by atoms with Crippen LogP contribution in [0, 0.1) is 5.92 Å². The molecule has 2 fully saturated rings. The monoisotopic (exact) mass is 283 g/mol. The van der Waals surface area contributed by atoms with Gasteiger partial charge in [-0.05, 0) is 26.7 Å². The lowest BCUT2D eigenvalue weighted by Crippen LogP contribution is -2.66. The molecule has 2 saturated heterocycles. The van der Waals surface area contributed by atoms with Gasteiger partial charge >= 0.3 is 12.0 Å². The first-order valence-corrected chi connectivity index (χ1v) is 6.91. The van der Waals surface area contributed by atoms with E-state index in [4.69, 9.17) is 5.11 Å². The van der Waals surface area contributed by atoms with E-state index in [0.29, 0.717) is 39.0 Å². The van der Waals surface area contributed by atoms with E-state index in [1.165, 1.54) is 0 Å². The van der Waals surface area contributed by atoms with Crippen LogP contribution in [0.1, 0.15) is 26.7 Å². The van der Waals surface area contributed by atoms with Crippen molar-refractivity contribution in [3.63, 3.8) is 0 Å². The molecule has 7 heteroatoms. The zero-order valence-electron chi connectivity index (χ0n) is 11.9. The van der Waals surface area contributed by atoms with Crippen LogP contribution in [0.2, 0.25) is 0 Å². The maximum Gasteiger partial charge on any atom is 0.320 e. The molecule has 112 valence electrons. The summed E-state index contributed by atoms with van der Waals surface area (Å²) < 4.78 is 0. The molecule has 2 aliphatic rings. The van der Waals surface area contributed by atoms with Crippen LogP contribution < -0.4 is 5.32 Å². The number of piperazine rings is 1. The maximum atomic E-state index is 12.5. The third-order valence-corrected chi connectivity index (χ3v) is 4.20. The summed E-state index contributed by atoms with van der Waals surface area (Å²) in [5.41, 5.74) is -0.862. The van der Waals surface area contributed by atoms with Gasteiger partial charge in [0.25, 0.3) is 0 Å². The van der Waals surface area contributed by atoms with E-state index in [9.17, 15) is 14.4 Å². The average Bonchev–Trinajstić information content (AvgIpc) is 2.41. The SMILES string of the molecule is CC1(C)C(=O)NCCN1C(=O)N1CCC(C(=O)O)CC1. The lowest BCUT2D eigenvalue weighted by Gasteiger charge is -2.44. The molecule has 0 saturated carbocycles. The number of nitrogens with zero attached hydrogens (tertiary/aromatic N) is 2. The van der Waals surface area contributed by atoms with Gasteiger partial charge in [0.05, 0.1) is 5.92 Å². The Morgan fingerprint density at radius 3 is 2.40 bits per heavy atom. The lowest BCUT2D eigenvalue weighted by molar-refractivity contribution is -0.143. The molecule has 3 amide bonds. The molecule has 0 atom stereocenters. The van der Waals surface area contributed by atoms with E-state index in [1.54, 1.807) is 23.6 Å². The predicted octanol–water partition coefficient (Wildman–Crippen LogP) is 0.113. The van der Waals surface area contributed by atoms with Crippen molar-refractivity contribution in [2.45, 2.75) is 32.2 Å².